The summed E-state index contributed by atoms with van der Waals surface area (Å²) in [7, 11) is 1.97. The lowest BCUT2D eigenvalue weighted by Crippen LogP contribution is -2.25. The van der Waals surface area contributed by atoms with E-state index in [4.69, 9.17) is 0 Å². The number of rotatable bonds is 3. The third kappa shape index (κ3) is 2.41. The zero-order valence-electron chi connectivity index (χ0n) is 15.6. The molecule has 0 saturated carbocycles. The molecular formula is C24H22B2. The fraction of sp³-hybridized carbons (Fsp3) is 0.0833. The van der Waals surface area contributed by atoms with E-state index < -0.39 is 0 Å². The Balaban J connectivity index is 1.97. The fourth-order valence-corrected chi connectivity index (χ4v) is 4.42. The minimum atomic E-state index is 0.956. The summed E-state index contributed by atoms with van der Waals surface area (Å²) in [6.07, 6.45) is 8.35. The number of benzene rings is 2. The molecule has 124 valence electrons. The number of fused-ring (bicyclic) bond motifs is 3. The van der Waals surface area contributed by atoms with Gasteiger partial charge < -0.3 is 0 Å². The molecule has 0 spiro atoms. The van der Waals surface area contributed by atoms with Gasteiger partial charge in [-0.05, 0) is 47.2 Å². The average Bonchev–Trinajstić information content (AvgIpc) is 3.20. The third-order valence-corrected chi connectivity index (χ3v) is 5.65. The smallest absolute Gasteiger partial charge is 0.0996 e. The van der Waals surface area contributed by atoms with Gasteiger partial charge in [-0.3, -0.25) is 0 Å². The predicted molar refractivity (Wildman–Crippen MR) is 119 cm³/mol. The third-order valence-electron chi connectivity index (χ3n) is 5.65. The summed E-state index contributed by atoms with van der Waals surface area (Å²) in [6, 6.07) is 13.3. The predicted octanol–water partition coefficient (Wildman–Crippen LogP) is 3.56. The topological polar surface area (TPSA) is 0 Å². The molecule has 4 rings (SSSR count). The van der Waals surface area contributed by atoms with Crippen molar-refractivity contribution in [2.45, 2.75) is 13.8 Å². The summed E-state index contributed by atoms with van der Waals surface area (Å²) in [5.74, 6) is 0. The van der Waals surface area contributed by atoms with Crippen molar-refractivity contribution in [1.29, 1.82) is 0 Å². The molecule has 0 unspecified atom stereocenters. The van der Waals surface area contributed by atoms with E-state index in [0.29, 0.717) is 0 Å². The van der Waals surface area contributed by atoms with Crippen molar-refractivity contribution in [1.82, 2.24) is 0 Å². The molecule has 26 heavy (non-hydrogen) atoms. The largest absolute Gasteiger partial charge is 0.194 e. The Labute approximate surface area is 157 Å². The fourth-order valence-electron chi connectivity index (χ4n) is 4.42. The lowest BCUT2D eigenvalue weighted by atomic mass is 9.63. The van der Waals surface area contributed by atoms with Crippen molar-refractivity contribution in [2.24, 2.45) is 0 Å². The summed E-state index contributed by atoms with van der Waals surface area (Å²) in [5, 5.41) is 0. The van der Waals surface area contributed by atoms with Crippen LogP contribution in [0.15, 0.2) is 84.8 Å². The van der Waals surface area contributed by atoms with Gasteiger partial charge in [-0.25, -0.2) is 0 Å². The minimum absolute atomic E-state index is 0.956. The quantitative estimate of drug-likeness (QED) is 0.754. The van der Waals surface area contributed by atoms with E-state index >= 15 is 0 Å². The SMILES string of the molecule is C=C/C=C1\C(=C/C)Bc2ccc3c(c21)BC(C=C)=C3c1ccccc1C. The molecule has 0 N–H and O–H groups in total. The molecule has 2 aliphatic rings. The Kier molecular flexibility index (Phi) is 4.20. The van der Waals surface area contributed by atoms with Crippen molar-refractivity contribution < 1.29 is 0 Å². The molecule has 0 amide bonds. The number of aryl methyl sites for hydroxylation is 1. The first-order valence-electron chi connectivity index (χ1n) is 9.25. The maximum absolute atomic E-state index is 4.11. The van der Waals surface area contributed by atoms with Crippen LogP contribution in [0.3, 0.4) is 0 Å². The van der Waals surface area contributed by atoms with Crippen LogP contribution < -0.4 is 10.9 Å². The van der Waals surface area contributed by atoms with Crippen LogP contribution >= 0.6 is 0 Å². The average molecular weight is 332 g/mol. The number of hydrogen-bond donors (Lipinski definition) is 0. The van der Waals surface area contributed by atoms with Gasteiger partial charge in [0.2, 0.25) is 0 Å². The molecule has 0 saturated heterocycles. The van der Waals surface area contributed by atoms with E-state index in [-0.39, 0.29) is 0 Å². The van der Waals surface area contributed by atoms with Gasteiger partial charge in [0.15, 0.2) is 14.6 Å². The monoisotopic (exact) mass is 332 g/mol. The van der Waals surface area contributed by atoms with Crippen molar-refractivity contribution in [3.05, 3.63) is 107 Å². The van der Waals surface area contributed by atoms with Crippen LogP contribution in [0.5, 0.6) is 0 Å². The molecule has 0 atom stereocenters. The van der Waals surface area contributed by atoms with Gasteiger partial charge in [-0.1, -0.05) is 95.7 Å². The van der Waals surface area contributed by atoms with Gasteiger partial charge in [0.1, 0.15) is 0 Å². The highest BCUT2D eigenvalue weighted by molar-refractivity contribution is 6.74. The maximum atomic E-state index is 4.11. The molecule has 2 aromatic rings. The molecule has 0 aliphatic carbocycles. The Morgan fingerprint density at radius 1 is 0.962 bits per heavy atom. The normalized spacial score (nSPS) is 17.8. The van der Waals surface area contributed by atoms with E-state index in [1.165, 1.54) is 55.3 Å². The molecule has 0 fully saturated rings. The molecule has 0 bridgehead atoms. The van der Waals surface area contributed by atoms with Gasteiger partial charge in [0, 0.05) is 0 Å². The maximum Gasteiger partial charge on any atom is 0.194 e. The molecule has 0 aromatic heterocycles. The van der Waals surface area contributed by atoms with E-state index in [0.717, 1.165) is 14.6 Å². The minimum Gasteiger partial charge on any atom is -0.0996 e. The zero-order valence-corrected chi connectivity index (χ0v) is 15.6. The Morgan fingerprint density at radius 3 is 2.46 bits per heavy atom. The molecule has 2 heterocycles. The highest BCUT2D eigenvalue weighted by Gasteiger charge is 2.31. The lowest BCUT2D eigenvalue weighted by molar-refractivity contribution is 1.42. The van der Waals surface area contributed by atoms with Crippen LogP contribution in [0.25, 0.3) is 11.1 Å². The van der Waals surface area contributed by atoms with E-state index in [9.17, 15) is 0 Å². The van der Waals surface area contributed by atoms with E-state index in [1.54, 1.807) is 0 Å². The van der Waals surface area contributed by atoms with Crippen LogP contribution in [0.2, 0.25) is 0 Å². The second-order valence-corrected chi connectivity index (χ2v) is 7.03. The summed E-state index contributed by atoms with van der Waals surface area (Å²) in [4.78, 5) is 0. The summed E-state index contributed by atoms with van der Waals surface area (Å²) < 4.78 is 0. The van der Waals surface area contributed by atoms with Gasteiger partial charge in [0.05, 0.1) is 0 Å². The Morgan fingerprint density at radius 2 is 1.77 bits per heavy atom. The van der Waals surface area contributed by atoms with Crippen molar-refractivity contribution >= 4 is 36.6 Å². The van der Waals surface area contributed by atoms with Crippen molar-refractivity contribution in [3.63, 3.8) is 0 Å². The van der Waals surface area contributed by atoms with Gasteiger partial charge in [-0.2, -0.15) is 0 Å². The molecule has 2 heteroatoms. The Hall–Kier alpha value is -2.73. The summed E-state index contributed by atoms with van der Waals surface area (Å²) >= 11 is 0. The van der Waals surface area contributed by atoms with Crippen LogP contribution in [-0.4, -0.2) is 14.6 Å². The lowest BCUT2D eigenvalue weighted by Gasteiger charge is -2.14. The highest BCUT2D eigenvalue weighted by Crippen LogP contribution is 2.36. The van der Waals surface area contributed by atoms with Crippen LogP contribution in [-0.2, 0) is 0 Å². The van der Waals surface area contributed by atoms with Gasteiger partial charge >= 0.3 is 0 Å². The van der Waals surface area contributed by atoms with Crippen molar-refractivity contribution in [2.75, 3.05) is 0 Å². The first kappa shape index (κ1) is 16.7. The molecule has 0 nitrogen and oxygen atoms in total. The summed E-state index contributed by atoms with van der Waals surface area (Å²) in [5.41, 5.74) is 13.7. The number of allylic oxidation sites excluding steroid dienone is 7. The van der Waals surface area contributed by atoms with Gasteiger partial charge in [-0.15, -0.1) is 0 Å². The Bertz CT molecular complexity index is 1030. The van der Waals surface area contributed by atoms with Crippen LogP contribution in [0, 0.1) is 6.92 Å². The molecule has 2 aliphatic heterocycles. The highest BCUT2D eigenvalue weighted by atomic mass is 14.2. The summed E-state index contributed by atoms with van der Waals surface area (Å²) in [6.45, 7) is 12.4. The van der Waals surface area contributed by atoms with E-state index in [1.807, 2.05) is 12.2 Å². The molecule has 0 radical (unpaired) electrons. The van der Waals surface area contributed by atoms with Crippen molar-refractivity contribution in [3.8, 4) is 0 Å². The molecular weight excluding hydrogens is 310 g/mol. The number of hydrogen-bond acceptors (Lipinski definition) is 0. The first-order chi connectivity index (χ1) is 12.7. The van der Waals surface area contributed by atoms with Crippen LogP contribution in [0.1, 0.15) is 29.2 Å². The zero-order chi connectivity index (χ0) is 18.3. The van der Waals surface area contributed by atoms with Crippen LogP contribution in [0.4, 0.5) is 0 Å². The van der Waals surface area contributed by atoms with Gasteiger partial charge in [0.25, 0.3) is 0 Å². The molecule has 2 aromatic carbocycles. The first-order valence-corrected chi connectivity index (χ1v) is 9.25. The standard InChI is InChI=1S/C24H22B2/c1-5-10-17-19(6-2)25-21-14-13-18-22(16-12-9-8-11-15(16)4)20(7-3)26-24(18)23(17)21/h5-14,25-26H,1,3H2,2,4H3/b17-10+,19-6+. The van der Waals surface area contributed by atoms with E-state index in [2.05, 4.69) is 75.6 Å². The second-order valence-electron chi connectivity index (χ2n) is 7.03. The second kappa shape index (κ2) is 6.53.